The van der Waals surface area contributed by atoms with Crippen LogP contribution < -0.4 is 5.32 Å². The van der Waals surface area contributed by atoms with Gasteiger partial charge in [-0.25, -0.2) is 0 Å². The Labute approximate surface area is 140 Å². The fraction of sp³-hybridized carbons (Fsp3) is 0.158. The fourth-order valence-electron chi connectivity index (χ4n) is 2.29. The molecule has 3 rings (SSSR count). The van der Waals surface area contributed by atoms with E-state index < -0.39 is 0 Å². The molecule has 4 heteroatoms. The molecule has 23 heavy (non-hydrogen) atoms. The molecule has 0 radical (unpaired) electrons. The summed E-state index contributed by atoms with van der Waals surface area (Å²) >= 11 is 1.51. The van der Waals surface area contributed by atoms with Crippen molar-refractivity contribution in [1.29, 1.82) is 0 Å². The van der Waals surface area contributed by atoms with Crippen LogP contribution in [0.25, 0.3) is 10.4 Å². The van der Waals surface area contributed by atoms with Crippen LogP contribution in [0.4, 0.5) is 5.69 Å². The third kappa shape index (κ3) is 3.66. The molecule has 0 saturated carbocycles. The molecule has 0 spiro atoms. The molecule has 1 amide bonds. The van der Waals surface area contributed by atoms with Crippen LogP contribution in [-0.2, 0) is 0 Å². The normalized spacial score (nSPS) is 10.7. The second-order valence-electron chi connectivity index (χ2n) is 5.63. The van der Waals surface area contributed by atoms with E-state index in [1.807, 2.05) is 12.1 Å². The standard InChI is InChI=1S/C19H18N2OS/c1-13(2)14-4-3-5-15(12-14)17-6-7-18(23-17)19(22)21-16-8-10-20-11-9-16/h3-13H,1-2H3,(H,20,21,22). The number of rotatable bonds is 4. The quantitative estimate of drug-likeness (QED) is 0.718. The summed E-state index contributed by atoms with van der Waals surface area (Å²) in [6, 6.07) is 15.9. The van der Waals surface area contributed by atoms with Gasteiger partial charge in [-0.2, -0.15) is 0 Å². The molecule has 2 aromatic heterocycles. The van der Waals surface area contributed by atoms with Crippen LogP contribution in [0.2, 0.25) is 0 Å². The number of anilines is 1. The molecular weight excluding hydrogens is 304 g/mol. The maximum Gasteiger partial charge on any atom is 0.265 e. The van der Waals surface area contributed by atoms with Crippen molar-refractivity contribution in [2.75, 3.05) is 5.32 Å². The largest absolute Gasteiger partial charge is 0.321 e. The van der Waals surface area contributed by atoms with E-state index in [-0.39, 0.29) is 5.91 Å². The summed E-state index contributed by atoms with van der Waals surface area (Å²) < 4.78 is 0. The van der Waals surface area contributed by atoms with Gasteiger partial charge in [-0.1, -0.05) is 38.1 Å². The second kappa shape index (κ2) is 6.75. The van der Waals surface area contributed by atoms with Crippen LogP contribution in [-0.4, -0.2) is 10.9 Å². The van der Waals surface area contributed by atoms with Crippen molar-refractivity contribution >= 4 is 22.9 Å². The third-order valence-corrected chi connectivity index (χ3v) is 4.74. The number of nitrogens with zero attached hydrogens (tertiary/aromatic N) is 1. The molecule has 1 aromatic carbocycles. The zero-order valence-corrected chi connectivity index (χ0v) is 13.9. The molecule has 0 fully saturated rings. The van der Waals surface area contributed by atoms with Gasteiger partial charge in [0.2, 0.25) is 0 Å². The Hall–Kier alpha value is -2.46. The second-order valence-corrected chi connectivity index (χ2v) is 6.72. The zero-order valence-electron chi connectivity index (χ0n) is 13.1. The molecule has 0 atom stereocenters. The van der Waals surface area contributed by atoms with Crippen LogP contribution >= 0.6 is 11.3 Å². The average molecular weight is 322 g/mol. The number of carbonyl (C=O) groups is 1. The Balaban J connectivity index is 1.80. The molecule has 0 aliphatic rings. The Morgan fingerprint density at radius 3 is 2.61 bits per heavy atom. The lowest BCUT2D eigenvalue weighted by Gasteiger charge is -2.06. The summed E-state index contributed by atoms with van der Waals surface area (Å²) in [5.74, 6) is 0.400. The topological polar surface area (TPSA) is 42.0 Å². The van der Waals surface area contributed by atoms with Gasteiger partial charge in [-0.05, 0) is 41.3 Å². The van der Waals surface area contributed by atoms with Crippen LogP contribution in [0, 0.1) is 0 Å². The summed E-state index contributed by atoms with van der Waals surface area (Å²) in [5, 5.41) is 2.88. The molecule has 2 heterocycles. The molecular formula is C19H18N2OS. The molecule has 0 aliphatic heterocycles. The third-order valence-electron chi connectivity index (χ3n) is 3.61. The maximum atomic E-state index is 12.3. The minimum Gasteiger partial charge on any atom is -0.321 e. The highest BCUT2D eigenvalue weighted by molar-refractivity contribution is 7.17. The highest BCUT2D eigenvalue weighted by Crippen LogP contribution is 2.30. The number of hydrogen-bond acceptors (Lipinski definition) is 3. The highest BCUT2D eigenvalue weighted by Gasteiger charge is 2.11. The first kappa shape index (κ1) is 15.4. The molecule has 1 N–H and O–H groups in total. The molecule has 0 saturated heterocycles. The van der Waals surface area contributed by atoms with Crippen LogP contribution in [0.15, 0.2) is 60.9 Å². The van der Waals surface area contributed by atoms with Crippen molar-refractivity contribution in [3.63, 3.8) is 0 Å². The van der Waals surface area contributed by atoms with Gasteiger partial charge in [0.25, 0.3) is 5.91 Å². The summed E-state index contributed by atoms with van der Waals surface area (Å²) in [4.78, 5) is 18.1. The number of benzene rings is 1. The first-order valence-electron chi connectivity index (χ1n) is 7.55. The maximum absolute atomic E-state index is 12.3. The van der Waals surface area contributed by atoms with Gasteiger partial charge in [0.1, 0.15) is 0 Å². The first-order chi connectivity index (χ1) is 11.1. The lowest BCUT2D eigenvalue weighted by atomic mass is 10.0. The summed E-state index contributed by atoms with van der Waals surface area (Å²) in [6.45, 7) is 4.36. The molecule has 0 unspecified atom stereocenters. The Morgan fingerprint density at radius 2 is 1.87 bits per heavy atom. The Kier molecular flexibility index (Phi) is 4.53. The number of aromatic nitrogens is 1. The van der Waals surface area contributed by atoms with Crippen LogP contribution in [0.1, 0.15) is 35.0 Å². The van der Waals surface area contributed by atoms with Gasteiger partial charge in [0.15, 0.2) is 0 Å². The smallest absolute Gasteiger partial charge is 0.265 e. The average Bonchev–Trinajstić information content (AvgIpc) is 3.06. The van der Waals surface area contributed by atoms with Gasteiger partial charge >= 0.3 is 0 Å². The van der Waals surface area contributed by atoms with E-state index >= 15 is 0 Å². The summed E-state index contributed by atoms with van der Waals surface area (Å²) in [7, 11) is 0. The Bertz CT molecular complexity index is 809. The molecule has 0 aliphatic carbocycles. The van der Waals surface area contributed by atoms with Crippen molar-refractivity contribution in [3.8, 4) is 10.4 Å². The van der Waals surface area contributed by atoms with Gasteiger partial charge in [0, 0.05) is 23.0 Å². The van der Waals surface area contributed by atoms with Crippen molar-refractivity contribution in [2.45, 2.75) is 19.8 Å². The minimum absolute atomic E-state index is 0.0903. The van der Waals surface area contributed by atoms with E-state index in [1.54, 1.807) is 24.5 Å². The van der Waals surface area contributed by atoms with E-state index in [1.165, 1.54) is 16.9 Å². The van der Waals surface area contributed by atoms with Gasteiger partial charge in [-0.3, -0.25) is 9.78 Å². The van der Waals surface area contributed by atoms with Crippen molar-refractivity contribution in [3.05, 3.63) is 71.4 Å². The van der Waals surface area contributed by atoms with E-state index in [4.69, 9.17) is 0 Å². The fourth-order valence-corrected chi connectivity index (χ4v) is 3.19. The van der Waals surface area contributed by atoms with Crippen LogP contribution in [0.5, 0.6) is 0 Å². The van der Waals surface area contributed by atoms with Crippen molar-refractivity contribution in [2.24, 2.45) is 0 Å². The minimum atomic E-state index is -0.0903. The SMILES string of the molecule is CC(C)c1cccc(-c2ccc(C(=O)Nc3ccncc3)s2)c1. The number of carbonyl (C=O) groups excluding carboxylic acids is 1. The number of hydrogen-bond donors (Lipinski definition) is 1. The van der Waals surface area contributed by atoms with Gasteiger partial charge in [-0.15, -0.1) is 11.3 Å². The predicted octanol–water partition coefficient (Wildman–Crippen LogP) is 5.19. The lowest BCUT2D eigenvalue weighted by molar-refractivity contribution is 0.103. The molecule has 116 valence electrons. The van der Waals surface area contributed by atoms with Crippen molar-refractivity contribution in [1.82, 2.24) is 4.98 Å². The number of thiophene rings is 1. The monoisotopic (exact) mass is 322 g/mol. The number of amides is 1. The lowest BCUT2D eigenvalue weighted by Crippen LogP contribution is -2.09. The predicted molar refractivity (Wildman–Crippen MR) is 96.0 cm³/mol. The highest BCUT2D eigenvalue weighted by atomic mass is 32.1. The summed E-state index contributed by atoms with van der Waals surface area (Å²) in [6.07, 6.45) is 3.32. The van der Waals surface area contributed by atoms with E-state index in [0.717, 1.165) is 16.1 Å². The van der Waals surface area contributed by atoms with Gasteiger partial charge in [0.05, 0.1) is 4.88 Å². The van der Waals surface area contributed by atoms with E-state index in [9.17, 15) is 4.79 Å². The van der Waals surface area contributed by atoms with E-state index in [0.29, 0.717) is 10.8 Å². The first-order valence-corrected chi connectivity index (χ1v) is 8.36. The number of pyridine rings is 1. The van der Waals surface area contributed by atoms with E-state index in [2.05, 4.69) is 48.4 Å². The number of nitrogens with one attached hydrogen (secondary N) is 1. The Morgan fingerprint density at radius 1 is 1.09 bits per heavy atom. The molecule has 3 nitrogen and oxygen atoms in total. The summed E-state index contributed by atoms with van der Waals surface area (Å²) in [5.41, 5.74) is 3.21. The van der Waals surface area contributed by atoms with Crippen LogP contribution in [0.3, 0.4) is 0 Å². The molecule has 0 bridgehead atoms. The molecule has 3 aromatic rings. The zero-order chi connectivity index (χ0) is 16.2. The van der Waals surface area contributed by atoms with Crippen molar-refractivity contribution < 1.29 is 4.79 Å². The van der Waals surface area contributed by atoms with Gasteiger partial charge < -0.3 is 5.32 Å².